The number of carbonyl (C=O) groups is 12. The molecular formula is C58H102N12O13. The summed E-state index contributed by atoms with van der Waals surface area (Å²) in [6, 6.07) is -8.70. The summed E-state index contributed by atoms with van der Waals surface area (Å²) in [5.41, 5.74) is 0.770. The average Bonchev–Trinajstić information content (AvgIpc) is 4.24. The first kappa shape index (κ1) is 72.7. The first-order valence-corrected chi connectivity index (χ1v) is 29.5. The molecule has 2 fully saturated rings. The van der Waals surface area contributed by atoms with Gasteiger partial charge in [0.25, 0.3) is 0 Å². The quantitative estimate of drug-likeness (QED) is 0.0442. The van der Waals surface area contributed by atoms with Crippen molar-refractivity contribution in [2.45, 2.75) is 247 Å². The lowest BCUT2D eigenvalue weighted by molar-refractivity contribution is -0.146. The van der Waals surface area contributed by atoms with Gasteiger partial charge in [0.15, 0.2) is 0 Å². The topological polar surface area (TPSA) is 366 Å². The van der Waals surface area contributed by atoms with Gasteiger partial charge in [-0.15, -0.1) is 0 Å². The van der Waals surface area contributed by atoms with E-state index < -0.39 is 136 Å². The Hall–Kier alpha value is -6.40. The van der Waals surface area contributed by atoms with Crippen LogP contribution in [0.1, 0.15) is 182 Å². The van der Waals surface area contributed by atoms with Crippen molar-refractivity contribution in [2.24, 2.45) is 35.3 Å². The largest absolute Gasteiger partial charge is 0.394 e. The molecule has 83 heavy (non-hydrogen) atoms. The lowest BCUT2D eigenvalue weighted by atomic mass is 9.97. The van der Waals surface area contributed by atoms with Gasteiger partial charge in [-0.1, -0.05) is 69.2 Å². The highest BCUT2D eigenvalue weighted by Crippen LogP contribution is 2.25. The second-order valence-corrected chi connectivity index (χ2v) is 26.3. The summed E-state index contributed by atoms with van der Waals surface area (Å²) in [6.45, 7) is 28.7. The molecule has 472 valence electrons. The molecule has 0 aromatic rings. The lowest BCUT2D eigenvalue weighted by Crippen LogP contribution is -2.64. The van der Waals surface area contributed by atoms with E-state index in [-0.39, 0.29) is 87.3 Å². The van der Waals surface area contributed by atoms with Gasteiger partial charge in [-0.25, -0.2) is 0 Å². The Kier molecular flexibility index (Phi) is 28.1. The van der Waals surface area contributed by atoms with Crippen LogP contribution in [0.25, 0.3) is 0 Å². The standard InChI is InChI=1S/C58H102N12O13/c1-31(2)24-37(30-71)60-51(79)43-20-18-22-69(43)54(82)57(14,15)67-50(78)41(28-35(9)10)63-47(75)39(26-33(5)6)64-52(80)44-21-19-23-70(44)55(83)58(16,17)68-49(77)40(27-34(7)8)62-46(74)38(25-32(3)4)61-48(76)42(29-45(59)73)65-53(81)56(12,13)66-36(11)72/h31-35,37-44,71H,18-30H2,1-17H3,(H2,59,73)(H,60,79)(H,61,76)(H,62,74)(H,63,75)(H,64,80)(H,65,81)(H,66,72)(H,67,78)(H,68,77)/t37-,38+,39-,40+,41+,42-,43+,44-/m0/s1. The Morgan fingerprint density at radius 2 is 0.795 bits per heavy atom. The Bertz CT molecular complexity index is 2320. The number of hydrogen-bond donors (Lipinski definition) is 11. The van der Waals surface area contributed by atoms with Crippen LogP contribution in [0.3, 0.4) is 0 Å². The van der Waals surface area contributed by atoms with Gasteiger partial charge in [0.2, 0.25) is 70.9 Å². The predicted octanol–water partition coefficient (Wildman–Crippen LogP) is 0.680. The fourth-order valence-corrected chi connectivity index (χ4v) is 10.4. The molecule has 25 heteroatoms. The van der Waals surface area contributed by atoms with E-state index in [9.17, 15) is 62.6 Å². The minimum atomic E-state index is -1.66. The molecule has 0 aromatic heterocycles. The number of likely N-dealkylation sites (tertiary alicyclic amines) is 2. The summed E-state index contributed by atoms with van der Waals surface area (Å²) >= 11 is 0. The molecule has 2 rings (SSSR count). The van der Waals surface area contributed by atoms with Gasteiger partial charge >= 0.3 is 0 Å². The van der Waals surface area contributed by atoms with E-state index >= 15 is 0 Å². The Labute approximate surface area is 491 Å². The summed E-state index contributed by atoms with van der Waals surface area (Å²) < 4.78 is 0. The number of hydrogen-bond acceptors (Lipinski definition) is 13. The smallest absolute Gasteiger partial charge is 0.248 e. The summed E-state index contributed by atoms with van der Waals surface area (Å²) in [7, 11) is 0. The number of carbonyl (C=O) groups excluding carboxylic acids is 12. The van der Waals surface area contributed by atoms with Crippen LogP contribution in [0.4, 0.5) is 0 Å². The molecule has 2 saturated heterocycles. The van der Waals surface area contributed by atoms with Crippen molar-refractivity contribution in [1.29, 1.82) is 0 Å². The van der Waals surface area contributed by atoms with Gasteiger partial charge < -0.3 is 68.5 Å². The number of primary amides is 1. The SMILES string of the molecule is CC(=O)NC(C)(C)C(=O)N[C@@H](CC(N)=O)C(=O)N[C@H](CC(C)C)C(=O)N[C@H](CC(C)C)C(=O)NC(C)(C)C(=O)N1CCC[C@H]1C(=O)N[C@@H](CC(C)C)C(=O)N[C@H](CC(C)C)C(=O)NC(C)(C)C(=O)N1CCC[C@@H]1C(=O)N[C@H](CO)CC(C)C. The molecule has 12 amide bonds. The van der Waals surface area contributed by atoms with Gasteiger partial charge in [-0.2, -0.15) is 0 Å². The van der Waals surface area contributed by atoms with Crippen molar-refractivity contribution < 1.29 is 62.6 Å². The molecule has 2 aliphatic rings. The van der Waals surface area contributed by atoms with E-state index in [1.54, 1.807) is 13.8 Å². The Morgan fingerprint density at radius 1 is 0.458 bits per heavy atom. The molecule has 0 aromatic carbocycles. The number of aliphatic hydroxyl groups is 1. The molecule has 0 radical (unpaired) electrons. The Morgan fingerprint density at radius 3 is 1.13 bits per heavy atom. The third-order valence-electron chi connectivity index (χ3n) is 14.3. The third-order valence-corrected chi connectivity index (χ3v) is 14.3. The minimum absolute atomic E-state index is 0.0641. The molecule has 25 nitrogen and oxygen atoms in total. The van der Waals surface area contributed by atoms with E-state index in [0.717, 1.165) is 0 Å². The monoisotopic (exact) mass is 1170 g/mol. The van der Waals surface area contributed by atoms with Crippen molar-refractivity contribution in [3.05, 3.63) is 0 Å². The van der Waals surface area contributed by atoms with Crippen LogP contribution in [0.5, 0.6) is 0 Å². The van der Waals surface area contributed by atoms with E-state index in [2.05, 4.69) is 47.9 Å². The summed E-state index contributed by atoms with van der Waals surface area (Å²) in [6.07, 6.45) is 1.99. The van der Waals surface area contributed by atoms with Gasteiger partial charge in [0.1, 0.15) is 58.9 Å². The number of rotatable bonds is 32. The Balaban J connectivity index is 2.31. The summed E-state index contributed by atoms with van der Waals surface area (Å²) in [4.78, 5) is 167. The maximum atomic E-state index is 14.5. The van der Waals surface area contributed by atoms with Crippen molar-refractivity contribution in [2.75, 3.05) is 19.7 Å². The van der Waals surface area contributed by atoms with Crippen molar-refractivity contribution in [3.8, 4) is 0 Å². The maximum Gasteiger partial charge on any atom is 0.248 e. The van der Waals surface area contributed by atoms with Gasteiger partial charge in [0, 0.05) is 20.0 Å². The molecule has 0 unspecified atom stereocenters. The third kappa shape index (κ3) is 23.3. The minimum Gasteiger partial charge on any atom is -0.394 e. The molecule has 2 heterocycles. The summed E-state index contributed by atoms with van der Waals surface area (Å²) in [5, 5.41) is 34.2. The summed E-state index contributed by atoms with van der Waals surface area (Å²) in [5.74, 6) is -8.52. The molecule has 0 aliphatic carbocycles. The number of nitrogens with two attached hydrogens (primary N) is 1. The lowest BCUT2D eigenvalue weighted by Gasteiger charge is -2.35. The predicted molar refractivity (Wildman–Crippen MR) is 312 cm³/mol. The molecular weight excluding hydrogens is 1070 g/mol. The van der Waals surface area contributed by atoms with E-state index in [0.29, 0.717) is 25.7 Å². The molecule has 0 bridgehead atoms. The van der Waals surface area contributed by atoms with Crippen molar-refractivity contribution in [1.82, 2.24) is 57.7 Å². The molecule has 12 N–H and O–H groups in total. The molecule has 8 atom stereocenters. The van der Waals surface area contributed by atoms with Crippen LogP contribution in [-0.4, -0.2) is 170 Å². The van der Waals surface area contributed by atoms with Crippen LogP contribution in [-0.2, 0) is 57.5 Å². The number of aliphatic hydroxyl groups excluding tert-OH is 1. The first-order chi connectivity index (χ1) is 38.2. The van der Waals surface area contributed by atoms with E-state index in [1.165, 1.54) is 58.3 Å². The second kappa shape index (κ2) is 32.0. The maximum absolute atomic E-state index is 14.5. The van der Waals surface area contributed by atoms with Gasteiger partial charge in [-0.3, -0.25) is 57.5 Å². The van der Waals surface area contributed by atoms with Crippen molar-refractivity contribution >= 4 is 70.9 Å². The highest BCUT2D eigenvalue weighted by atomic mass is 16.3. The zero-order chi connectivity index (χ0) is 63.6. The number of nitrogens with one attached hydrogen (secondary N) is 9. The zero-order valence-corrected chi connectivity index (χ0v) is 52.5. The fourth-order valence-electron chi connectivity index (χ4n) is 10.4. The average molecular weight is 1180 g/mol. The van der Waals surface area contributed by atoms with Gasteiger partial charge in [-0.05, 0) is 129 Å². The fraction of sp³-hybridized carbons (Fsp3) is 0.793. The normalized spacial score (nSPS) is 17.9. The highest BCUT2D eigenvalue weighted by Gasteiger charge is 2.46. The van der Waals surface area contributed by atoms with Crippen LogP contribution < -0.4 is 53.6 Å². The van der Waals surface area contributed by atoms with Gasteiger partial charge in [0.05, 0.1) is 19.1 Å². The van der Waals surface area contributed by atoms with Crippen LogP contribution in [0, 0.1) is 29.6 Å². The molecule has 0 saturated carbocycles. The van der Waals surface area contributed by atoms with Crippen LogP contribution in [0.15, 0.2) is 0 Å². The van der Waals surface area contributed by atoms with E-state index in [1.807, 2.05) is 55.4 Å². The number of amides is 12. The van der Waals surface area contributed by atoms with Crippen LogP contribution >= 0.6 is 0 Å². The second-order valence-electron chi connectivity index (χ2n) is 26.3. The zero-order valence-electron chi connectivity index (χ0n) is 52.5. The van der Waals surface area contributed by atoms with Crippen LogP contribution in [0.2, 0.25) is 0 Å². The highest BCUT2D eigenvalue weighted by molar-refractivity contribution is 6.01. The molecule has 2 aliphatic heterocycles. The van der Waals surface area contributed by atoms with E-state index in [4.69, 9.17) is 5.73 Å². The van der Waals surface area contributed by atoms with Crippen molar-refractivity contribution in [3.63, 3.8) is 0 Å². The first-order valence-electron chi connectivity index (χ1n) is 29.5. The number of nitrogens with zero attached hydrogens (tertiary/aromatic N) is 2. The molecule has 0 spiro atoms.